The molecule has 0 aliphatic heterocycles. The van der Waals surface area contributed by atoms with Gasteiger partial charge in [0.05, 0.1) is 26.4 Å². The van der Waals surface area contributed by atoms with Gasteiger partial charge in [0.1, 0.15) is 0 Å². The highest BCUT2D eigenvalue weighted by Gasteiger charge is 2.01. The van der Waals surface area contributed by atoms with Gasteiger partial charge in [0.2, 0.25) is 0 Å². The number of thiazole rings is 1. The molecule has 56 valence electrons. The van der Waals surface area contributed by atoms with Gasteiger partial charge in [-0.1, -0.05) is 23.5 Å². The highest BCUT2D eigenvalue weighted by molar-refractivity contribution is 9.08. The van der Waals surface area contributed by atoms with Crippen LogP contribution in [0.2, 0.25) is 0 Å². The molecule has 0 bridgehead atoms. The van der Waals surface area contributed by atoms with Crippen molar-refractivity contribution in [3.63, 3.8) is 0 Å². The summed E-state index contributed by atoms with van der Waals surface area (Å²) in [6.07, 6.45) is 0. The number of hydrogen-bond donors (Lipinski definition) is 0. The molecule has 1 aromatic heterocycles. The number of rotatable bonds is 0. The molecule has 4 heteroatoms. The van der Waals surface area contributed by atoms with E-state index in [0.29, 0.717) is 0 Å². The van der Waals surface area contributed by atoms with Crippen LogP contribution in [-0.4, -0.2) is 3.59 Å². The van der Waals surface area contributed by atoms with Crippen molar-refractivity contribution in [3.05, 3.63) is 33.9 Å². The first-order valence-electron chi connectivity index (χ1n) is 3.06. The van der Waals surface area contributed by atoms with Crippen LogP contribution in [0.25, 0.3) is 10.2 Å². The largest absolute Gasteiger partial charge is 0.318 e. The molecule has 0 unspecified atom stereocenters. The van der Waals surface area contributed by atoms with Gasteiger partial charge in [0.15, 0.2) is 0 Å². The number of hydrogen-bond acceptors (Lipinski definition) is 2. The summed E-state index contributed by atoms with van der Waals surface area (Å²) in [6.45, 7) is 0. The molecule has 2 aromatic rings. The summed E-state index contributed by atoms with van der Waals surface area (Å²) < 4.78 is 2.49. The molecule has 1 heterocycles. The third-order valence-electron chi connectivity index (χ3n) is 1.43. The monoisotopic (exact) mass is 229 g/mol. The highest BCUT2D eigenvalue weighted by Crippen LogP contribution is 2.17. The standard InChI is InChI=1S/C7H4BrNOS/c8-9-5-3-1-2-4-6(5)11-7(9)10/h1-4H. The third-order valence-corrected chi connectivity index (χ3v) is 3.30. The maximum atomic E-state index is 11.1. The van der Waals surface area contributed by atoms with Gasteiger partial charge in [-0.15, -0.1) is 0 Å². The fourth-order valence-corrected chi connectivity index (χ4v) is 2.36. The van der Waals surface area contributed by atoms with Crippen LogP contribution in [0.1, 0.15) is 0 Å². The van der Waals surface area contributed by atoms with E-state index in [1.807, 2.05) is 24.3 Å². The molecule has 0 radical (unpaired) electrons. The van der Waals surface area contributed by atoms with Crippen molar-refractivity contribution in [1.82, 2.24) is 3.59 Å². The van der Waals surface area contributed by atoms with Crippen LogP contribution in [0.15, 0.2) is 29.1 Å². The van der Waals surface area contributed by atoms with Crippen LogP contribution in [0.3, 0.4) is 0 Å². The van der Waals surface area contributed by atoms with E-state index in [-0.39, 0.29) is 4.87 Å². The lowest BCUT2D eigenvalue weighted by molar-refractivity contribution is 1.33. The Kier molecular flexibility index (Phi) is 1.58. The van der Waals surface area contributed by atoms with Gasteiger partial charge in [-0.25, -0.2) is 3.59 Å². The summed E-state index contributed by atoms with van der Waals surface area (Å²) in [7, 11) is 0. The van der Waals surface area contributed by atoms with Crippen LogP contribution >= 0.6 is 27.5 Å². The minimum atomic E-state index is 0.0196. The Labute approximate surface area is 75.4 Å². The van der Waals surface area contributed by atoms with Crippen molar-refractivity contribution in [2.45, 2.75) is 0 Å². The first kappa shape index (κ1) is 7.06. The van der Waals surface area contributed by atoms with Gasteiger partial charge in [-0.2, -0.15) is 0 Å². The number of fused-ring (bicyclic) bond motifs is 1. The van der Waals surface area contributed by atoms with Crippen molar-refractivity contribution in [2.75, 3.05) is 0 Å². The van der Waals surface area contributed by atoms with Crippen molar-refractivity contribution in [3.8, 4) is 0 Å². The predicted molar refractivity (Wildman–Crippen MR) is 50.4 cm³/mol. The Morgan fingerprint density at radius 3 is 2.82 bits per heavy atom. The van der Waals surface area contributed by atoms with Gasteiger partial charge >= 0.3 is 4.87 Å². The fraction of sp³-hybridized carbons (Fsp3) is 0. The van der Waals surface area contributed by atoms with E-state index in [9.17, 15) is 4.79 Å². The maximum absolute atomic E-state index is 11.1. The number of nitrogens with zero attached hydrogens (tertiary/aromatic N) is 1. The normalized spacial score (nSPS) is 10.6. The van der Waals surface area contributed by atoms with Crippen molar-refractivity contribution in [2.24, 2.45) is 0 Å². The number of benzene rings is 1. The van der Waals surface area contributed by atoms with Crippen LogP contribution in [0.4, 0.5) is 0 Å². The topological polar surface area (TPSA) is 22.0 Å². The average molecular weight is 230 g/mol. The summed E-state index contributed by atoms with van der Waals surface area (Å²) in [4.78, 5) is 11.1. The van der Waals surface area contributed by atoms with Gasteiger partial charge in [-0.3, -0.25) is 4.79 Å². The minimum Gasteiger partial charge on any atom is -0.256 e. The van der Waals surface area contributed by atoms with Gasteiger partial charge < -0.3 is 0 Å². The van der Waals surface area contributed by atoms with Crippen LogP contribution < -0.4 is 4.87 Å². The van der Waals surface area contributed by atoms with E-state index >= 15 is 0 Å². The number of para-hydroxylation sites is 1. The van der Waals surface area contributed by atoms with Crippen LogP contribution in [-0.2, 0) is 0 Å². The minimum absolute atomic E-state index is 0.0196. The van der Waals surface area contributed by atoms with E-state index in [1.165, 1.54) is 14.9 Å². The molecule has 0 N–H and O–H groups in total. The lowest BCUT2D eigenvalue weighted by Gasteiger charge is -1.87. The molecule has 0 atom stereocenters. The molecule has 0 fully saturated rings. The molecular weight excluding hydrogens is 226 g/mol. The third kappa shape index (κ3) is 1.02. The first-order chi connectivity index (χ1) is 5.29. The molecule has 2 nitrogen and oxygen atoms in total. The molecule has 0 saturated carbocycles. The summed E-state index contributed by atoms with van der Waals surface area (Å²) in [5.41, 5.74) is 0.933. The number of aromatic nitrogens is 1. The second-order valence-corrected chi connectivity index (χ2v) is 3.82. The van der Waals surface area contributed by atoms with E-state index in [2.05, 4.69) is 16.1 Å². The molecule has 11 heavy (non-hydrogen) atoms. The second kappa shape index (κ2) is 2.46. The van der Waals surface area contributed by atoms with Crippen molar-refractivity contribution in [1.29, 1.82) is 0 Å². The van der Waals surface area contributed by atoms with E-state index in [0.717, 1.165) is 10.2 Å². The molecule has 0 spiro atoms. The molecule has 0 saturated heterocycles. The smallest absolute Gasteiger partial charge is 0.256 e. The van der Waals surface area contributed by atoms with Gasteiger partial charge in [0.25, 0.3) is 0 Å². The van der Waals surface area contributed by atoms with Crippen LogP contribution in [0.5, 0.6) is 0 Å². The Morgan fingerprint density at radius 2 is 2.09 bits per heavy atom. The Hall–Kier alpha value is -0.610. The Balaban J connectivity index is 3.04. The molecule has 2 rings (SSSR count). The molecule has 0 amide bonds. The SMILES string of the molecule is O=c1sc2ccccc2n1Br. The van der Waals surface area contributed by atoms with E-state index in [4.69, 9.17) is 0 Å². The first-order valence-corrected chi connectivity index (χ1v) is 4.58. The van der Waals surface area contributed by atoms with Gasteiger partial charge in [0, 0.05) is 0 Å². The quantitative estimate of drug-likeness (QED) is 0.680. The molecule has 0 aliphatic carbocycles. The highest BCUT2D eigenvalue weighted by atomic mass is 79.9. The second-order valence-electron chi connectivity index (χ2n) is 2.12. The Bertz CT molecular complexity index is 445. The summed E-state index contributed by atoms with van der Waals surface area (Å²) in [5.74, 6) is 0. The lowest BCUT2D eigenvalue weighted by atomic mass is 10.3. The predicted octanol–water partition coefficient (Wildman–Crippen LogP) is 2.22. The number of halogens is 1. The van der Waals surface area contributed by atoms with E-state index in [1.54, 1.807) is 0 Å². The fourth-order valence-electron chi connectivity index (χ4n) is 0.938. The molecule has 1 aromatic carbocycles. The van der Waals surface area contributed by atoms with Crippen molar-refractivity contribution < 1.29 is 0 Å². The Morgan fingerprint density at radius 1 is 1.36 bits per heavy atom. The van der Waals surface area contributed by atoms with Crippen molar-refractivity contribution >= 4 is 37.7 Å². The summed E-state index contributed by atoms with van der Waals surface area (Å²) >= 11 is 4.40. The average Bonchev–Trinajstić information content (AvgIpc) is 2.30. The zero-order chi connectivity index (χ0) is 7.84. The molecular formula is C7H4BrNOS. The van der Waals surface area contributed by atoms with Gasteiger partial charge in [-0.05, 0) is 12.1 Å². The zero-order valence-corrected chi connectivity index (χ0v) is 7.85. The summed E-state index contributed by atoms with van der Waals surface area (Å²) in [6, 6.07) is 7.67. The van der Waals surface area contributed by atoms with E-state index < -0.39 is 0 Å². The zero-order valence-electron chi connectivity index (χ0n) is 5.45. The molecule has 0 aliphatic rings. The maximum Gasteiger partial charge on any atom is 0.318 e. The lowest BCUT2D eigenvalue weighted by Crippen LogP contribution is -1.99. The summed E-state index contributed by atoms with van der Waals surface area (Å²) in [5, 5.41) is 0. The van der Waals surface area contributed by atoms with Crippen LogP contribution in [0, 0.1) is 0 Å².